The Balaban J connectivity index is 1.51. The fraction of sp³-hybridized carbons (Fsp3) is 0.161. The molecule has 0 saturated carbocycles. The van der Waals surface area contributed by atoms with Crippen LogP contribution in [0, 0.1) is 6.92 Å². The van der Waals surface area contributed by atoms with E-state index in [4.69, 9.17) is 0 Å². The quantitative estimate of drug-likeness (QED) is 0.321. The van der Waals surface area contributed by atoms with E-state index in [-0.39, 0.29) is 17.9 Å². The predicted molar refractivity (Wildman–Crippen MR) is 148 cm³/mol. The largest absolute Gasteiger partial charge is 0.322 e. The van der Waals surface area contributed by atoms with Crippen LogP contribution in [-0.4, -0.2) is 25.9 Å². The third-order valence-electron chi connectivity index (χ3n) is 6.43. The van der Waals surface area contributed by atoms with E-state index in [9.17, 15) is 9.59 Å². The van der Waals surface area contributed by atoms with Crippen LogP contribution >= 0.6 is 0 Å². The molecule has 5 heteroatoms. The summed E-state index contributed by atoms with van der Waals surface area (Å²) in [6.45, 7) is 4.10. The monoisotopic (exact) mass is 477 g/mol. The van der Waals surface area contributed by atoms with Gasteiger partial charge in [-0.3, -0.25) is 9.59 Å². The molecule has 1 unspecified atom stereocenters. The summed E-state index contributed by atoms with van der Waals surface area (Å²) in [6, 6.07) is 30.6. The topological polar surface area (TPSA) is 61.4 Å². The van der Waals surface area contributed by atoms with Gasteiger partial charge < -0.3 is 15.5 Å². The Bertz CT molecular complexity index is 1360. The number of para-hydroxylation sites is 1. The van der Waals surface area contributed by atoms with E-state index in [0.29, 0.717) is 16.8 Å². The number of benzene rings is 4. The molecule has 182 valence electrons. The summed E-state index contributed by atoms with van der Waals surface area (Å²) in [5.74, 6) is -0.314. The smallest absolute Gasteiger partial charge is 0.258 e. The highest BCUT2D eigenvalue weighted by molar-refractivity contribution is 6.09. The van der Waals surface area contributed by atoms with Gasteiger partial charge in [-0.2, -0.15) is 0 Å². The van der Waals surface area contributed by atoms with E-state index in [0.717, 1.165) is 22.4 Å². The molecule has 1 atom stereocenters. The van der Waals surface area contributed by atoms with Crippen molar-refractivity contribution in [3.63, 3.8) is 0 Å². The first-order valence-electron chi connectivity index (χ1n) is 12.0. The van der Waals surface area contributed by atoms with E-state index >= 15 is 0 Å². The zero-order valence-corrected chi connectivity index (χ0v) is 21.1. The van der Waals surface area contributed by atoms with Gasteiger partial charge >= 0.3 is 0 Å². The van der Waals surface area contributed by atoms with Crippen molar-refractivity contribution < 1.29 is 9.59 Å². The molecule has 4 aromatic rings. The molecule has 0 fully saturated rings. The van der Waals surface area contributed by atoms with Gasteiger partial charge in [0.15, 0.2) is 0 Å². The second kappa shape index (κ2) is 11.0. The molecule has 0 aliphatic carbocycles. The molecule has 36 heavy (non-hydrogen) atoms. The van der Waals surface area contributed by atoms with Crippen LogP contribution in [-0.2, 0) is 0 Å². The maximum absolute atomic E-state index is 13.2. The van der Waals surface area contributed by atoms with Crippen molar-refractivity contribution in [2.75, 3.05) is 24.3 Å². The highest BCUT2D eigenvalue weighted by atomic mass is 16.2. The van der Waals surface area contributed by atoms with Crippen LogP contribution in [0.25, 0.3) is 11.1 Å². The maximum Gasteiger partial charge on any atom is 0.258 e. The minimum Gasteiger partial charge on any atom is -0.322 e. The van der Waals surface area contributed by atoms with Gasteiger partial charge in [0.05, 0.1) is 0 Å². The molecule has 2 N–H and O–H groups in total. The molecule has 0 spiro atoms. The lowest BCUT2D eigenvalue weighted by atomic mass is 9.98. The molecule has 2 amide bonds. The van der Waals surface area contributed by atoms with Crippen molar-refractivity contribution in [1.82, 2.24) is 5.32 Å². The number of anilines is 2. The molecule has 4 aromatic carbocycles. The van der Waals surface area contributed by atoms with Crippen LogP contribution in [0.1, 0.15) is 44.8 Å². The van der Waals surface area contributed by atoms with Gasteiger partial charge in [-0.1, -0.05) is 66.2 Å². The van der Waals surface area contributed by atoms with Gasteiger partial charge in [-0.15, -0.1) is 0 Å². The second-order valence-electron chi connectivity index (χ2n) is 8.88. The van der Waals surface area contributed by atoms with Gasteiger partial charge in [-0.25, -0.2) is 0 Å². The summed E-state index contributed by atoms with van der Waals surface area (Å²) in [4.78, 5) is 28.0. The van der Waals surface area contributed by atoms with Crippen molar-refractivity contribution in [3.05, 3.63) is 119 Å². The van der Waals surface area contributed by atoms with Gasteiger partial charge in [-0.05, 0) is 74.0 Å². The van der Waals surface area contributed by atoms with Crippen molar-refractivity contribution in [3.8, 4) is 11.1 Å². The first-order valence-corrected chi connectivity index (χ1v) is 12.0. The Morgan fingerprint density at radius 1 is 0.806 bits per heavy atom. The van der Waals surface area contributed by atoms with Crippen LogP contribution in [0.3, 0.4) is 0 Å². The molecular weight excluding hydrogens is 446 g/mol. The minimum atomic E-state index is -0.197. The normalized spacial score (nSPS) is 11.6. The molecule has 0 aromatic heterocycles. The number of amides is 2. The average Bonchev–Trinajstić information content (AvgIpc) is 2.92. The third kappa shape index (κ3) is 5.37. The number of nitrogens with one attached hydrogen (secondary N) is 2. The summed E-state index contributed by atoms with van der Waals surface area (Å²) in [5, 5.41) is 6.20. The number of hydrogen-bond donors (Lipinski definition) is 2. The third-order valence-corrected chi connectivity index (χ3v) is 6.43. The number of nitrogens with zero attached hydrogens (tertiary/aromatic N) is 1. The Hall–Kier alpha value is -4.22. The molecule has 0 saturated heterocycles. The molecule has 0 aliphatic heterocycles. The van der Waals surface area contributed by atoms with Crippen molar-refractivity contribution >= 4 is 23.2 Å². The molecule has 0 radical (unpaired) electrons. The number of carbonyl (C=O) groups is 2. The molecule has 0 bridgehead atoms. The average molecular weight is 478 g/mol. The summed E-state index contributed by atoms with van der Waals surface area (Å²) in [5.41, 5.74) is 6.70. The summed E-state index contributed by atoms with van der Waals surface area (Å²) in [7, 11) is 3.68. The Morgan fingerprint density at radius 3 is 2.14 bits per heavy atom. The van der Waals surface area contributed by atoms with Gasteiger partial charge in [0.2, 0.25) is 0 Å². The second-order valence-corrected chi connectivity index (χ2v) is 8.88. The van der Waals surface area contributed by atoms with E-state index in [1.807, 2.05) is 86.8 Å². The van der Waals surface area contributed by atoms with E-state index in [2.05, 4.69) is 17.6 Å². The molecule has 5 nitrogen and oxygen atoms in total. The van der Waals surface area contributed by atoms with Crippen LogP contribution in [0.4, 0.5) is 11.4 Å². The van der Waals surface area contributed by atoms with Crippen molar-refractivity contribution in [2.24, 2.45) is 0 Å². The van der Waals surface area contributed by atoms with Crippen LogP contribution in [0.2, 0.25) is 0 Å². The van der Waals surface area contributed by atoms with Crippen molar-refractivity contribution in [2.45, 2.75) is 19.9 Å². The Labute approximate surface area is 212 Å². The number of rotatable bonds is 7. The Kier molecular flexibility index (Phi) is 7.62. The zero-order valence-electron chi connectivity index (χ0n) is 21.1. The van der Waals surface area contributed by atoms with Crippen LogP contribution in [0.15, 0.2) is 97.1 Å². The molecule has 4 rings (SSSR count). The summed E-state index contributed by atoms with van der Waals surface area (Å²) >= 11 is 0. The maximum atomic E-state index is 13.2. The lowest BCUT2D eigenvalue weighted by Crippen LogP contribution is -2.28. The van der Waals surface area contributed by atoms with E-state index < -0.39 is 0 Å². The molecule has 0 aliphatic rings. The first-order chi connectivity index (χ1) is 17.4. The zero-order chi connectivity index (χ0) is 25.7. The minimum absolute atomic E-state index is 0.108. The predicted octanol–water partition coefficient (Wildman–Crippen LogP) is 6.47. The van der Waals surface area contributed by atoms with Gasteiger partial charge in [0.1, 0.15) is 0 Å². The lowest BCUT2D eigenvalue weighted by molar-refractivity contribution is 0.0991. The fourth-order valence-electron chi connectivity index (χ4n) is 4.18. The standard InChI is InChI=1S/C31H31N3O2/c1-21-13-15-23(16-14-21)27-10-5-6-11-28(27)30(35)33-25-19-17-24(18-20-25)31(36)34(4)29-12-8-7-9-26(29)22(2)32-3/h5-20,22,32H,1-4H3,(H,33,35). The van der Waals surface area contributed by atoms with Gasteiger partial charge in [0.25, 0.3) is 11.8 Å². The van der Waals surface area contributed by atoms with Gasteiger partial charge in [0, 0.05) is 35.6 Å². The first kappa shape index (κ1) is 24.9. The fourth-order valence-corrected chi connectivity index (χ4v) is 4.18. The van der Waals surface area contributed by atoms with E-state index in [1.54, 1.807) is 36.2 Å². The van der Waals surface area contributed by atoms with Crippen molar-refractivity contribution in [1.29, 1.82) is 0 Å². The highest BCUT2D eigenvalue weighted by Crippen LogP contribution is 2.27. The number of aryl methyl sites for hydroxylation is 1. The number of carbonyl (C=O) groups excluding carboxylic acids is 2. The summed E-state index contributed by atoms with van der Waals surface area (Å²) in [6.07, 6.45) is 0. The molecule has 0 heterocycles. The number of hydrogen-bond acceptors (Lipinski definition) is 3. The Morgan fingerprint density at radius 2 is 1.44 bits per heavy atom. The lowest BCUT2D eigenvalue weighted by Gasteiger charge is -2.23. The summed E-state index contributed by atoms with van der Waals surface area (Å²) < 4.78 is 0. The van der Waals surface area contributed by atoms with E-state index in [1.165, 1.54) is 5.56 Å². The SMILES string of the molecule is CNC(C)c1ccccc1N(C)C(=O)c1ccc(NC(=O)c2ccccc2-c2ccc(C)cc2)cc1. The molecular formula is C31H31N3O2. The van der Waals surface area contributed by atoms with Crippen LogP contribution < -0.4 is 15.5 Å². The highest BCUT2D eigenvalue weighted by Gasteiger charge is 2.19. The van der Waals surface area contributed by atoms with Crippen LogP contribution in [0.5, 0.6) is 0 Å².